The third kappa shape index (κ3) is 6.23. The van der Waals surface area contributed by atoms with E-state index < -0.39 is 10.0 Å². The zero-order chi connectivity index (χ0) is 25.5. The number of carbonyl (C=O) groups is 1. The Bertz CT molecular complexity index is 1210. The van der Waals surface area contributed by atoms with Crippen LogP contribution in [0.1, 0.15) is 55.3 Å². The fourth-order valence-corrected chi connectivity index (χ4v) is 6.88. The summed E-state index contributed by atoms with van der Waals surface area (Å²) in [5, 5.41) is 0. The molecule has 0 N–H and O–H groups in total. The van der Waals surface area contributed by atoms with E-state index in [9.17, 15) is 13.2 Å². The lowest BCUT2D eigenvalue weighted by Gasteiger charge is -2.38. The highest BCUT2D eigenvalue weighted by molar-refractivity contribution is 7.89. The molecule has 0 heterocycles. The molecule has 3 aromatic carbocycles. The summed E-state index contributed by atoms with van der Waals surface area (Å²) < 4.78 is 29.1. The molecule has 0 bridgehead atoms. The van der Waals surface area contributed by atoms with Gasteiger partial charge in [0.05, 0.1) is 4.90 Å². The van der Waals surface area contributed by atoms with E-state index >= 15 is 0 Å². The number of carbonyl (C=O) groups excluding carboxylic acids is 1. The minimum atomic E-state index is -3.66. The van der Waals surface area contributed by atoms with Crippen LogP contribution in [-0.4, -0.2) is 36.6 Å². The molecule has 1 fully saturated rings. The predicted octanol–water partition coefficient (Wildman–Crippen LogP) is 5.96. The van der Waals surface area contributed by atoms with Gasteiger partial charge in [-0.25, -0.2) is 8.42 Å². The van der Waals surface area contributed by atoms with Gasteiger partial charge in [-0.1, -0.05) is 78.4 Å². The van der Waals surface area contributed by atoms with Crippen molar-refractivity contribution in [3.05, 3.63) is 102 Å². The number of hydrogen-bond donors (Lipinski definition) is 0. The van der Waals surface area contributed by atoms with Gasteiger partial charge in [-0.15, -0.1) is 0 Å². The highest BCUT2D eigenvalue weighted by atomic mass is 32.2. The molecular weight excluding hydrogens is 468 g/mol. The van der Waals surface area contributed by atoms with Crippen LogP contribution in [0.25, 0.3) is 0 Å². The van der Waals surface area contributed by atoms with Gasteiger partial charge >= 0.3 is 0 Å². The van der Waals surface area contributed by atoms with Gasteiger partial charge in [-0.05, 0) is 68.7 Å². The third-order valence-corrected chi connectivity index (χ3v) is 9.36. The van der Waals surface area contributed by atoms with E-state index in [4.69, 9.17) is 0 Å². The number of rotatable bonds is 10. The first-order valence-corrected chi connectivity index (χ1v) is 14.2. The second-order valence-electron chi connectivity index (χ2n) is 9.91. The molecule has 6 heteroatoms. The Kier molecular flexibility index (Phi) is 8.60. The smallest absolute Gasteiger partial charge is 0.243 e. The van der Waals surface area contributed by atoms with Crippen molar-refractivity contribution < 1.29 is 13.2 Å². The van der Waals surface area contributed by atoms with Crippen molar-refractivity contribution in [1.29, 1.82) is 0 Å². The summed E-state index contributed by atoms with van der Waals surface area (Å²) in [5.74, 6) is 0.249. The van der Waals surface area contributed by atoms with Gasteiger partial charge in [0.15, 0.2) is 0 Å². The summed E-state index contributed by atoms with van der Waals surface area (Å²) in [7, 11) is -3.66. The van der Waals surface area contributed by atoms with Gasteiger partial charge in [0.1, 0.15) is 0 Å². The van der Waals surface area contributed by atoms with Gasteiger partial charge in [0, 0.05) is 25.2 Å². The van der Waals surface area contributed by atoms with Gasteiger partial charge in [-0.2, -0.15) is 4.31 Å². The van der Waals surface area contributed by atoms with Crippen molar-refractivity contribution in [1.82, 2.24) is 9.21 Å². The standard InChI is InChI=1S/C30H36N2O3S/c1-24-13-15-26(16-14-24)21-31(23-33)29-19-17-27(18-20-29)22-32(25(2)28-9-5-3-6-10-28)36(34,35)30-11-7-4-8-12-30/h3-16,23,25,27,29H,17-22H2,1-2H3/t25-,27?,29?/m0/s1. The molecule has 0 unspecified atom stereocenters. The summed E-state index contributed by atoms with van der Waals surface area (Å²) >= 11 is 0. The largest absolute Gasteiger partial charge is 0.338 e. The van der Waals surface area contributed by atoms with Gasteiger partial charge in [0.2, 0.25) is 16.4 Å². The van der Waals surface area contributed by atoms with E-state index in [0.717, 1.165) is 43.2 Å². The molecule has 1 atom stereocenters. The Hall–Kier alpha value is -2.96. The third-order valence-electron chi connectivity index (χ3n) is 7.41. The van der Waals surface area contributed by atoms with E-state index in [1.807, 2.05) is 48.2 Å². The zero-order valence-corrected chi connectivity index (χ0v) is 22.0. The molecular formula is C30H36N2O3S. The molecule has 0 aliphatic heterocycles. The van der Waals surface area contributed by atoms with E-state index in [0.29, 0.717) is 18.0 Å². The van der Waals surface area contributed by atoms with Crippen LogP contribution >= 0.6 is 0 Å². The van der Waals surface area contributed by atoms with Crippen LogP contribution in [-0.2, 0) is 21.4 Å². The molecule has 0 saturated heterocycles. The maximum atomic E-state index is 13.7. The monoisotopic (exact) mass is 504 g/mol. The lowest BCUT2D eigenvalue weighted by Crippen LogP contribution is -2.41. The minimum Gasteiger partial charge on any atom is -0.338 e. The fourth-order valence-electron chi connectivity index (χ4n) is 5.16. The quantitative estimate of drug-likeness (QED) is 0.320. The highest BCUT2D eigenvalue weighted by Crippen LogP contribution is 2.34. The normalized spacial score (nSPS) is 19.1. The average Bonchev–Trinajstić information content (AvgIpc) is 2.92. The molecule has 0 spiro atoms. The Morgan fingerprint density at radius 1 is 0.861 bits per heavy atom. The first-order valence-electron chi connectivity index (χ1n) is 12.8. The average molecular weight is 505 g/mol. The molecule has 36 heavy (non-hydrogen) atoms. The molecule has 0 radical (unpaired) electrons. The Labute approximate surface area is 215 Å². The first-order chi connectivity index (χ1) is 17.4. The minimum absolute atomic E-state index is 0.186. The van der Waals surface area contributed by atoms with Crippen molar-refractivity contribution in [2.45, 2.75) is 63.1 Å². The molecule has 1 saturated carbocycles. The predicted molar refractivity (Wildman–Crippen MR) is 144 cm³/mol. The topological polar surface area (TPSA) is 57.7 Å². The Balaban J connectivity index is 1.47. The van der Waals surface area contributed by atoms with Crippen LogP contribution in [0, 0.1) is 12.8 Å². The molecule has 190 valence electrons. The Morgan fingerprint density at radius 3 is 2.03 bits per heavy atom. The number of sulfonamides is 1. The van der Waals surface area contributed by atoms with Crippen molar-refractivity contribution in [2.24, 2.45) is 5.92 Å². The summed E-state index contributed by atoms with van der Waals surface area (Å²) in [6, 6.07) is 26.8. The van der Waals surface area contributed by atoms with Crippen molar-refractivity contribution in [3.8, 4) is 0 Å². The van der Waals surface area contributed by atoms with Crippen molar-refractivity contribution in [3.63, 3.8) is 0 Å². The summed E-state index contributed by atoms with van der Waals surface area (Å²) in [4.78, 5) is 14.1. The summed E-state index contributed by atoms with van der Waals surface area (Å²) in [6.45, 7) is 5.11. The SMILES string of the molecule is Cc1ccc(CN(C=O)C2CCC(CN([C@@H](C)c3ccccc3)S(=O)(=O)c3ccccc3)CC2)cc1. The summed E-state index contributed by atoms with van der Waals surface area (Å²) in [5.41, 5.74) is 3.32. The maximum Gasteiger partial charge on any atom is 0.243 e. The number of benzene rings is 3. The zero-order valence-electron chi connectivity index (χ0n) is 21.2. The second-order valence-corrected chi connectivity index (χ2v) is 11.8. The first kappa shape index (κ1) is 26.1. The number of amides is 1. The van der Waals surface area contributed by atoms with Gasteiger partial charge in [-0.3, -0.25) is 4.79 Å². The maximum absolute atomic E-state index is 13.7. The lowest BCUT2D eigenvalue weighted by molar-refractivity contribution is -0.121. The van der Waals surface area contributed by atoms with Crippen LogP contribution < -0.4 is 0 Å². The molecule has 1 amide bonds. The van der Waals surface area contributed by atoms with Gasteiger partial charge < -0.3 is 4.90 Å². The van der Waals surface area contributed by atoms with E-state index in [1.165, 1.54) is 5.56 Å². The lowest BCUT2D eigenvalue weighted by atomic mass is 9.85. The van der Waals surface area contributed by atoms with E-state index in [-0.39, 0.29) is 18.0 Å². The number of hydrogen-bond acceptors (Lipinski definition) is 3. The van der Waals surface area contributed by atoms with Gasteiger partial charge in [0.25, 0.3) is 0 Å². The molecule has 3 aromatic rings. The van der Waals surface area contributed by atoms with Crippen LogP contribution in [0.4, 0.5) is 0 Å². The van der Waals surface area contributed by atoms with Crippen LogP contribution in [0.2, 0.25) is 0 Å². The van der Waals surface area contributed by atoms with Crippen molar-refractivity contribution in [2.75, 3.05) is 6.54 Å². The van der Waals surface area contributed by atoms with Crippen LogP contribution in [0.5, 0.6) is 0 Å². The van der Waals surface area contributed by atoms with E-state index in [2.05, 4.69) is 31.2 Å². The van der Waals surface area contributed by atoms with Crippen LogP contribution in [0.15, 0.2) is 89.8 Å². The molecule has 5 nitrogen and oxygen atoms in total. The molecule has 1 aliphatic carbocycles. The molecule has 4 rings (SSSR count). The fraction of sp³-hybridized carbons (Fsp3) is 0.367. The number of aryl methyl sites for hydroxylation is 1. The van der Waals surface area contributed by atoms with Crippen LogP contribution in [0.3, 0.4) is 0 Å². The second kappa shape index (κ2) is 11.8. The molecule has 1 aliphatic rings. The van der Waals surface area contributed by atoms with E-state index in [1.54, 1.807) is 28.6 Å². The Morgan fingerprint density at radius 2 is 1.44 bits per heavy atom. The van der Waals surface area contributed by atoms with Crippen molar-refractivity contribution >= 4 is 16.4 Å². The summed E-state index contributed by atoms with van der Waals surface area (Å²) in [6.07, 6.45) is 4.52. The number of nitrogens with zero attached hydrogens (tertiary/aromatic N) is 2. The molecule has 0 aromatic heterocycles. The highest BCUT2D eigenvalue weighted by Gasteiger charge is 2.34.